The van der Waals surface area contributed by atoms with Crippen LogP contribution in [-0.4, -0.2) is 17.6 Å². The Balaban J connectivity index is 1.83. The Bertz CT molecular complexity index is 873. The largest absolute Gasteiger partial charge is 0.326 e. The van der Waals surface area contributed by atoms with Gasteiger partial charge in [-0.05, 0) is 47.2 Å². The molecule has 2 aromatic carbocycles. The van der Waals surface area contributed by atoms with E-state index in [1.54, 1.807) is 11.8 Å². The number of nitrogens with zero attached hydrogens (tertiary/aromatic N) is 1. The fourth-order valence-electron chi connectivity index (χ4n) is 3.33. The molecule has 1 aliphatic rings. The van der Waals surface area contributed by atoms with E-state index in [-0.39, 0.29) is 22.6 Å². The molecular weight excluding hydrogens is 368 g/mol. The third-order valence-electron chi connectivity index (χ3n) is 4.61. The van der Waals surface area contributed by atoms with Gasteiger partial charge in [0.05, 0.1) is 5.75 Å². The lowest BCUT2D eigenvalue weighted by atomic mass is 9.92. The SMILES string of the molecule is CCc1cccc(N2C(=O)CS[C@@H]2c2cccc(NC(=O)CC(C)(C)C)c2)c1. The molecule has 0 unspecified atom stereocenters. The highest BCUT2D eigenvalue weighted by atomic mass is 32.2. The Hall–Kier alpha value is -2.27. The van der Waals surface area contributed by atoms with Crippen LogP contribution in [0.3, 0.4) is 0 Å². The number of thioether (sulfide) groups is 1. The van der Waals surface area contributed by atoms with Gasteiger partial charge in [0.25, 0.3) is 0 Å². The molecule has 3 rings (SSSR count). The van der Waals surface area contributed by atoms with Crippen molar-refractivity contribution in [3.05, 3.63) is 59.7 Å². The molecule has 4 nitrogen and oxygen atoms in total. The Labute approximate surface area is 171 Å². The molecule has 0 radical (unpaired) electrons. The topological polar surface area (TPSA) is 49.4 Å². The molecule has 2 amide bonds. The van der Waals surface area contributed by atoms with Crippen LogP contribution in [0.4, 0.5) is 11.4 Å². The molecule has 1 N–H and O–H groups in total. The first-order chi connectivity index (χ1) is 13.3. The highest BCUT2D eigenvalue weighted by molar-refractivity contribution is 8.00. The predicted molar refractivity (Wildman–Crippen MR) is 118 cm³/mol. The number of carbonyl (C=O) groups excluding carboxylic acids is 2. The zero-order valence-corrected chi connectivity index (χ0v) is 17.8. The first-order valence-corrected chi connectivity index (χ1v) is 10.7. The predicted octanol–water partition coefficient (Wildman–Crippen LogP) is 5.40. The molecule has 1 fully saturated rings. The van der Waals surface area contributed by atoms with Gasteiger partial charge in [0.15, 0.2) is 0 Å². The number of carbonyl (C=O) groups is 2. The molecule has 5 heteroatoms. The van der Waals surface area contributed by atoms with E-state index in [0.717, 1.165) is 23.4 Å². The normalized spacial score (nSPS) is 17.1. The molecular formula is C23H28N2O2S. The maximum Gasteiger partial charge on any atom is 0.238 e. The van der Waals surface area contributed by atoms with E-state index in [4.69, 9.17) is 0 Å². The minimum absolute atomic E-state index is 0.00676. The van der Waals surface area contributed by atoms with E-state index >= 15 is 0 Å². The molecule has 148 valence electrons. The number of aryl methyl sites for hydroxylation is 1. The Morgan fingerprint density at radius 3 is 2.64 bits per heavy atom. The molecule has 28 heavy (non-hydrogen) atoms. The number of amides is 2. The van der Waals surface area contributed by atoms with Crippen molar-refractivity contribution < 1.29 is 9.59 Å². The molecule has 0 spiro atoms. The number of anilines is 2. The average molecular weight is 397 g/mol. The molecule has 1 aliphatic heterocycles. The molecule has 0 aliphatic carbocycles. The lowest BCUT2D eigenvalue weighted by molar-refractivity contribution is -0.118. The van der Waals surface area contributed by atoms with Crippen molar-refractivity contribution >= 4 is 35.0 Å². The van der Waals surface area contributed by atoms with Crippen LogP contribution in [0.5, 0.6) is 0 Å². The zero-order chi connectivity index (χ0) is 20.3. The van der Waals surface area contributed by atoms with Gasteiger partial charge < -0.3 is 5.32 Å². The number of hydrogen-bond donors (Lipinski definition) is 1. The quantitative estimate of drug-likeness (QED) is 0.736. The van der Waals surface area contributed by atoms with Gasteiger partial charge >= 0.3 is 0 Å². The number of rotatable bonds is 5. The van der Waals surface area contributed by atoms with Crippen LogP contribution in [0.1, 0.15) is 50.6 Å². The number of hydrogen-bond acceptors (Lipinski definition) is 3. The van der Waals surface area contributed by atoms with Gasteiger partial charge in [0.2, 0.25) is 11.8 Å². The Morgan fingerprint density at radius 2 is 1.93 bits per heavy atom. The van der Waals surface area contributed by atoms with Crippen molar-refractivity contribution in [2.75, 3.05) is 16.0 Å². The lowest BCUT2D eigenvalue weighted by Crippen LogP contribution is -2.28. The molecule has 1 heterocycles. The van der Waals surface area contributed by atoms with E-state index in [0.29, 0.717) is 12.2 Å². The summed E-state index contributed by atoms with van der Waals surface area (Å²) < 4.78 is 0. The van der Waals surface area contributed by atoms with Crippen molar-refractivity contribution in [1.82, 2.24) is 0 Å². The van der Waals surface area contributed by atoms with Crippen molar-refractivity contribution in [3.8, 4) is 0 Å². The molecule has 2 aromatic rings. The van der Waals surface area contributed by atoms with E-state index in [1.165, 1.54) is 5.56 Å². The summed E-state index contributed by atoms with van der Waals surface area (Å²) in [7, 11) is 0. The summed E-state index contributed by atoms with van der Waals surface area (Å²) in [5, 5.41) is 2.91. The Kier molecular flexibility index (Phi) is 6.14. The monoisotopic (exact) mass is 396 g/mol. The van der Waals surface area contributed by atoms with Crippen LogP contribution in [-0.2, 0) is 16.0 Å². The van der Waals surface area contributed by atoms with Gasteiger partial charge in [0, 0.05) is 17.8 Å². The minimum atomic E-state index is -0.0842. The van der Waals surface area contributed by atoms with Gasteiger partial charge in [-0.15, -0.1) is 11.8 Å². The summed E-state index contributed by atoms with van der Waals surface area (Å²) in [6.07, 6.45) is 1.40. The van der Waals surface area contributed by atoms with Gasteiger partial charge in [-0.25, -0.2) is 0 Å². The van der Waals surface area contributed by atoms with Crippen LogP contribution in [0.2, 0.25) is 0 Å². The summed E-state index contributed by atoms with van der Waals surface area (Å²) in [6.45, 7) is 8.26. The fourth-order valence-corrected chi connectivity index (χ4v) is 4.50. The first kappa shape index (κ1) is 20.5. The van der Waals surface area contributed by atoms with Crippen LogP contribution in [0.15, 0.2) is 48.5 Å². The molecule has 1 atom stereocenters. The maximum atomic E-state index is 12.6. The van der Waals surface area contributed by atoms with Crippen molar-refractivity contribution in [2.45, 2.75) is 45.9 Å². The highest BCUT2D eigenvalue weighted by Crippen LogP contribution is 2.42. The second-order valence-electron chi connectivity index (χ2n) is 8.36. The first-order valence-electron chi connectivity index (χ1n) is 9.69. The van der Waals surface area contributed by atoms with E-state index in [9.17, 15) is 9.59 Å². The third-order valence-corrected chi connectivity index (χ3v) is 5.82. The summed E-state index contributed by atoms with van der Waals surface area (Å²) in [6, 6.07) is 16.0. The summed E-state index contributed by atoms with van der Waals surface area (Å²) in [5.41, 5.74) is 3.88. The standard InChI is InChI=1S/C23H28N2O2S/c1-5-16-8-6-11-19(12-16)25-21(27)15-28-22(25)17-9-7-10-18(13-17)24-20(26)14-23(2,3)4/h6-13,22H,5,14-15H2,1-4H3,(H,24,26)/t22-/m1/s1. The van der Waals surface area contributed by atoms with Crippen LogP contribution in [0.25, 0.3) is 0 Å². The fraction of sp³-hybridized carbons (Fsp3) is 0.391. The summed E-state index contributed by atoms with van der Waals surface area (Å²) in [4.78, 5) is 26.8. The van der Waals surface area contributed by atoms with E-state index in [2.05, 4.69) is 24.4 Å². The smallest absolute Gasteiger partial charge is 0.238 e. The lowest BCUT2D eigenvalue weighted by Gasteiger charge is -2.25. The van der Waals surface area contributed by atoms with Gasteiger partial charge in [-0.2, -0.15) is 0 Å². The zero-order valence-electron chi connectivity index (χ0n) is 17.0. The number of nitrogens with one attached hydrogen (secondary N) is 1. The van der Waals surface area contributed by atoms with Gasteiger partial charge in [-0.3, -0.25) is 14.5 Å². The van der Waals surface area contributed by atoms with Crippen molar-refractivity contribution in [3.63, 3.8) is 0 Å². The highest BCUT2D eigenvalue weighted by Gasteiger charge is 2.34. The van der Waals surface area contributed by atoms with Gasteiger partial charge in [0.1, 0.15) is 5.37 Å². The second-order valence-corrected chi connectivity index (χ2v) is 9.43. The third kappa shape index (κ3) is 4.96. The van der Waals surface area contributed by atoms with E-state index < -0.39 is 0 Å². The van der Waals surface area contributed by atoms with Crippen LogP contribution >= 0.6 is 11.8 Å². The van der Waals surface area contributed by atoms with Gasteiger partial charge in [-0.1, -0.05) is 52.0 Å². The minimum Gasteiger partial charge on any atom is -0.326 e. The maximum absolute atomic E-state index is 12.6. The second kappa shape index (κ2) is 8.39. The van der Waals surface area contributed by atoms with Crippen molar-refractivity contribution in [1.29, 1.82) is 0 Å². The molecule has 0 saturated carbocycles. The molecule has 0 bridgehead atoms. The van der Waals surface area contributed by atoms with Crippen molar-refractivity contribution in [2.24, 2.45) is 5.41 Å². The van der Waals surface area contributed by atoms with Crippen LogP contribution < -0.4 is 10.2 Å². The Morgan fingerprint density at radius 1 is 1.18 bits per heavy atom. The molecule has 0 aromatic heterocycles. The summed E-state index contributed by atoms with van der Waals surface area (Å²) >= 11 is 1.62. The number of benzene rings is 2. The van der Waals surface area contributed by atoms with E-state index in [1.807, 2.05) is 62.1 Å². The van der Waals surface area contributed by atoms with Crippen LogP contribution in [0, 0.1) is 5.41 Å². The summed E-state index contributed by atoms with van der Waals surface area (Å²) in [5.74, 6) is 0.583. The average Bonchev–Trinajstić information content (AvgIpc) is 3.02. The molecule has 1 saturated heterocycles.